The second-order valence-corrected chi connectivity index (χ2v) is 5.92. The molecule has 1 N–H and O–H groups in total. The number of benzene rings is 1. The number of hydrogen-bond acceptors (Lipinski definition) is 2. The van der Waals surface area contributed by atoms with Crippen LogP contribution in [0.15, 0.2) is 30.3 Å². The standard InChI is InChI=1S/C15H23NO/c1-12-9-16(11-14(17)15(12,2)3)10-13-7-5-4-6-8-13/h4-8,12,14,17H,9-11H2,1-3H3. The molecule has 2 rings (SSSR count). The normalized spacial score (nSPS) is 29.2. The summed E-state index contributed by atoms with van der Waals surface area (Å²) in [6.45, 7) is 9.37. The van der Waals surface area contributed by atoms with Gasteiger partial charge in [0.25, 0.3) is 0 Å². The van der Waals surface area contributed by atoms with Crippen molar-refractivity contribution < 1.29 is 5.11 Å². The fraction of sp³-hybridized carbons (Fsp3) is 0.600. The van der Waals surface area contributed by atoms with Crippen LogP contribution >= 0.6 is 0 Å². The lowest BCUT2D eigenvalue weighted by Crippen LogP contribution is -2.52. The van der Waals surface area contributed by atoms with Crippen LogP contribution < -0.4 is 0 Å². The molecule has 2 nitrogen and oxygen atoms in total. The van der Waals surface area contributed by atoms with Gasteiger partial charge in [-0.15, -0.1) is 0 Å². The monoisotopic (exact) mass is 233 g/mol. The van der Waals surface area contributed by atoms with Gasteiger partial charge >= 0.3 is 0 Å². The van der Waals surface area contributed by atoms with Crippen LogP contribution in [0.4, 0.5) is 0 Å². The number of piperidine rings is 1. The Hall–Kier alpha value is -0.860. The first-order valence-corrected chi connectivity index (χ1v) is 6.44. The maximum atomic E-state index is 10.2. The van der Waals surface area contributed by atoms with Gasteiger partial charge in [0.05, 0.1) is 6.10 Å². The Morgan fingerprint density at radius 2 is 1.88 bits per heavy atom. The summed E-state index contributed by atoms with van der Waals surface area (Å²) >= 11 is 0. The van der Waals surface area contributed by atoms with Gasteiger partial charge in [-0.05, 0) is 16.9 Å². The molecule has 1 heterocycles. The van der Waals surface area contributed by atoms with E-state index >= 15 is 0 Å². The Bertz CT molecular complexity index is 346. The van der Waals surface area contributed by atoms with Crippen molar-refractivity contribution in [3.8, 4) is 0 Å². The van der Waals surface area contributed by atoms with Gasteiger partial charge in [0.2, 0.25) is 0 Å². The molecule has 0 spiro atoms. The molecular weight excluding hydrogens is 210 g/mol. The van der Waals surface area contributed by atoms with Crippen molar-refractivity contribution in [2.75, 3.05) is 13.1 Å². The molecule has 1 aliphatic rings. The van der Waals surface area contributed by atoms with Gasteiger partial charge in [-0.25, -0.2) is 0 Å². The minimum Gasteiger partial charge on any atom is -0.391 e. The Labute approximate surface area is 104 Å². The minimum absolute atomic E-state index is 0.0349. The fourth-order valence-corrected chi connectivity index (χ4v) is 2.48. The minimum atomic E-state index is -0.227. The molecule has 1 saturated heterocycles. The maximum absolute atomic E-state index is 10.2. The smallest absolute Gasteiger partial charge is 0.0721 e. The number of nitrogens with zero attached hydrogens (tertiary/aromatic N) is 1. The van der Waals surface area contributed by atoms with Crippen molar-refractivity contribution in [3.05, 3.63) is 35.9 Å². The van der Waals surface area contributed by atoms with E-state index in [2.05, 4.69) is 49.9 Å². The number of hydrogen-bond donors (Lipinski definition) is 1. The Balaban J connectivity index is 2.01. The topological polar surface area (TPSA) is 23.5 Å². The summed E-state index contributed by atoms with van der Waals surface area (Å²) < 4.78 is 0. The van der Waals surface area contributed by atoms with E-state index in [1.54, 1.807) is 0 Å². The molecule has 1 aromatic rings. The third-order valence-corrected chi connectivity index (χ3v) is 4.34. The Morgan fingerprint density at radius 3 is 2.47 bits per heavy atom. The highest BCUT2D eigenvalue weighted by atomic mass is 16.3. The zero-order valence-corrected chi connectivity index (χ0v) is 11.1. The zero-order valence-electron chi connectivity index (χ0n) is 11.1. The van der Waals surface area contributed by atoms with Crippen LogP contribution in [0, 0.1) is 11.3 Å². The molecule has 2 heteroatoms. The van der Waals surface area contributed by atoms with Gasteiger partial charge in [0.15, 0.2) is 0 Å². The SMILES string of the molecule is CC1CN(Cc2ccccc2)CC(O)C1(C)C. The summed E-state index contributed by atoms with van der Waals surface area (Å²) in [6.07, 6.45) is -0.227. The highest BCUT2D eigenvalue weighted by molar-refractivity contribution is 5.14. The van der Waals surface area contributed by atoms with E-state index in [1.165, 1.54) is 5.56 Å². The third kappa shape index (κ3) is 2.70. The van der Waals surface area contributed by atoms with Crippen LogP contribution in [0.5, 0.6) is 0 Å². The first-order chi connectivity index (χ1) is 8.00. The van der Waals surface area contributed by atoms with Gasteiger partial charge in [-0.1, -0.05) is 51.1 Å². The summed E-state index contributed by atoms with van der Waals surface area (Å²) in [6, 6.07) is 10.5. The molecule has 1 aromatic carbocycles. The molecule has 0 aromatic heterocycles. The van der Waals surface area contributed by atoms with Gasteiger partial charge in [-0.3, -0.25) is 4.90 Å². The molecular formula is C15H23NO. The fourth-order valence-electron chi connectivity index (χ4n) is 2.48. The van der Waals surface area contributed by atoms with E-state index in [9.17, 15) is 5.11 Å². The van der Waals surface area contributed by atoms with Gasteiger partial charge < -0.3 is 5.11 Å². The van der Waals surface area contributed by atoms with Gasteiger partial charge in [-0.2, -0.15) is 0 Å². The molecule has 0 radical (unpaired) electrons. The number of β-amino-alcohol motifs (C(OH)–C–C–N with tert-alkyl or cyclic N) is 1. The molecule has 0 saturated carbocycles. The second kappa shape index (κ2) is 4.79. The number of aliphatic hydroxyl groups excluding tert-OH is 1. The quantitative estimate of drug-likeness (QED) is 0.848. The average molecular weight is 233 g/mol. The van der Waals surface area contributed by atoms with Crippen LogP contribution in [0.25, 0.3) is 0 Å². The lowest BCUT2D eigenvalue weighted by molar-refractivity contribution is -0.0629. The lowest BCUT2D eigenvalue weighted by Gasteiger charge is -2.46. The highest BCUT2D eigenvalue weighted by Gasteiger charge is 2.39. The maximum Gasteiger partial charge on any atom is 0.0721 e. The molecule has 0 amide bonds. The molecule has 1 aliphatic heterocycles. The van der Waals surface area contributed by atoms with Crippen molar-refractivity contribution in [1.82, 2.24) is 4.90 Å². The predicted molar refractivity (Wildman–Crippen MR) is 70.7 cm³/mol. The first kappa shape index (κ1) is 12.6. The predicted octanol–water partition coefficient (Wildman–Crippen LogP) is 2.53. The Kier molecular flexibility index (Phi) is 3.55. The third-order valence-electron chi connectivity index (χ3n) is 4.34. The van der Waals surface area contributed by atoms with Crippen LogP contribution in [0.3, 0.4) is 0 Å². The number of likely N-dealkylation sites (tertiary alicyclic amines) is 1. The molecule has 2 unspecified atom stereocenters. The summed E-state index contributed by atoms with van der Waals surface area (Å²) in [7, 11) is 0. The van der Waals surface area contributed by atoms with E-state index in [0.29, 0.717) is 5.92 Å². The molecule has 17 heavy (non-hydrogen) atoms. The lowest BCUT2D eigenvalue weighted by atomic mass is 9.72. The number of aliphatic hydroxyl groups is 1. The number of rotatable bonds is 2. The Morgan fingerprint density at radius 1 is 1.24 bits per heavy atom. The van der Waals surface area contributed by atoms with Crippen LogP contribution in [0.1, 0.15) is 26.3 Å². The van der Waals surface area contributed by atoms with Crippen LogP contribution in [0.2, 0.25) is 0 Å². The van der Waals surface area contributed by atoms with E-state index < -0.39 is 0 Å². The molecule has 2 atom stereocenters. The van der Waals surface area contributed by atoms with Crippen LogP contribution in [-0.4, -0.2) is 29.2 Å². The van der Waals surface area contributed by atoms with E-state index in [-0.39, 0.29) is 11.5 Å². The first-order valence-electron chi connectivity index (χ1n) is 6.44. The van der Waals surface area contributed by atoms with Crippen molar-refractivity contribution in [2.45, 2.75) is 33.4 Å². The van der Waals surface area contributed by atoms with Crippen molar-refractivity contribution >= 4 is 0 Å². The van der Waals surface area contributed by atoms with Crippen molar-refractivity contribution in [2.24, 2.45) is 11.3 Å². The van der Waals surface area contributed by atoms with E-state index in [1.807, 2.05) is 6.07 Å². The summed E-state index contributed by atoms with van der Waals surface area (Å²) in [5.41, 5.74) is 1.36. The highest BCUT2D eigenvalue weighted by Crippen LogP contribution is 2.35. The molecule has 0 aliphatic carbocycles. The largest absolute Gasteiger partial charge is 0.391 e. The van der Waals surface area contributed by atoms with E-state index in [4.69, 9.17) is 0 Å². The average Bonchev–Trinajstić information content (AvgIpc) is 2.28. The molecule has 94 valence electrons. The van der Waals surface area contributed by atoms with Gasteiger partial charge in [0, 0.05) is 19.6 Å². The summed E-state index contributed by atoms with van der Waals surface area (Å²) in [5.74, 6) is 0.523. The zero-order chi connectivity index (χ0) is 12.5. The second-order valence-electron chi connectivity index (χ2n) is 5.92. The summed E-state index contributed by atoms with van der Waals surface area (Å²) in [4.78, 5) is 2.36. The summed E-state index contributed by atoms with van der Waals surface area (Å²) in [5, 5.41) is 10.2. The van der Waals surface area contributed by atoms with Crippen molar-refractivity contribution in [1.29, 1.82) is 0 Å². The van der Waals surface area contributed by atoms with Gasteiger partial charge in [0.1, 0.15) is 0 Å². The van der Waals surface area contributed by atoms with Crippen molar-refractivity contribution in [3.63, 3.8) is 0 Å². The van der Waals surface area contributed by atoms with E-state index in [0.717, 1.165) is 19.6 Å². The van der Waals surface area contributed by atoms with Crippen LogP contribution in [-0.2, 0) is 6.54 Å². The molecule has 1 fully saturated rings. The molecule has 0 bridgehead atoms.